The van der Waals surface area contributed by atoms with Crippen molar-refractivity contribution in [1.29, 1.82) is 0 Å². The van der Waals surface area contributed by atoms with Crippen LogP contribution in [-0.4, -0.2) is 31.1 Å². The highest BCUT2D eigenvalue weighted by Gasteiger charge is 2.09. The fourth-order valence-corrected chi connectivity index (χ4v) is 3.43. The Morgan fingerprint density at radius 1 is 0.676 bits per heavy atom. The second kappa shape index (κ2) is 14.2. The first-order chi connectivity index (χ1) is 17.9. The summed E-state index contributed by atoms with van der Waals surface area (Å²) in [6.45, 7) is 5.68. The average molecular weight is 503 g/mol. The summed E-state index contributed by atoms with van der Waals surface area (Å²) in [5.74, 6) is 0.386. The molecule has 0 aliphatic rings. The summed E-state index contributed by atoms with van der Waals surface area (Å²) >= 11 is 0. The van der Waals surface area contributed by atoms with Gasteiger partial charge in [-0.1, -0.05) is 30.8 Å². The maximum Gasteiger partial charge on any atom is 0.343 e. The molecule has 7 nitrogen and oxygen atoms in total. The van der Waals surface area contributed by atoms with Crippen molar-refractivity contribution < 1.29 is 33.3 Å². The Kier molecular flexibility index (Phi) is 10.5. The van der Waals surface area contributed by atoms with Crippen LogP contribution in [0.1, 0.15) is 43.0 Å². The van der Waals surface area contributed by atoms with Crippen LogP contribution < -0.4 is 14.2 Å². The van der Waals surface area contributed by atoms with Crippen molar-refractivity contribution in [1.82, 2.24) is 0 Å². The van der Waals surface area contributed by atoms with Gasteiger partial charge in [0.1, 0.15) is 17.2 Å². The summed E-state index contributed by atoms with van der Waals surface area (Å²) in [7, 11) is 0. The number of carbonyl (C=O) groups is 3. The van der Waals surface area contributed by atoms with Gasteiger partial charge in [0, 0.05) is 13.0 Å². The fourth-order valence-electron chi connectivity index (χ4n) is 3.43. The molecule has 0 heterocycles. The summed E-state index contributed by atoms with van der Waals surface area (Å²) in [5.41, 5.74) is 2.30. The van der Waals surface area contributed by atoms with E-state index in [1.54, 1.807) is 48.5 Å². The Hall–Kier alpha value is -4.39. The highest BCUT2D eigenvalue weighted by atomic mass is 16.5. The van der Waals surface area contributed by atoms with Crippen molar-refractivity contribution in [3.63, 3.8) is 0 Å². The second-order valence-electron chi connectivity index (χ2n) is 8.19. The molecule has 0 spiro atoms. The van der Waals surface area contributed by atoms with Gasteiger partial charge >= 0.3 is 17.9 Å². The quantitative estimate of drug-likeness (QED) is 0.120. The van der Waals surface area contributed by atoms with Gasteiger partial charge in [-0.05, 0) is 85.3 Å². The molecular weight excluding hydrogens is 472 g/mol. The minimum Gasteiger partial charge on any atom is -0.494 e. The molecule has 0 bridgehead atoms. The number of ether oxygens (including phenoxy) is 4. The first kappa shape index (κ1) is 27.2. The molecule has 3 aromatic carbocycles. The van der Waals surface area contributed by atoms with E-state index in [0.717, 1.165) is 42.9 Å². The van der Waals surface area contributed by atoms with Gasteiger partial charge < -0.3 is 18.9 Å². The SMILES string of the molecule is C=CC(=O)OCCCCCCOc1ccc(C(=O)Oc2ccc(-c3ccc(OC(C)=O)cc3)cc2)cc1. The monoisotopic (exact) mass is 502 g/mol. The van der Waals surface area contributed by atoms with E-state index in [1.165, 1.54) is 6.92 Å². The Bertz CT molecular complexity index is 1180. The summed E-state index contributed by atoms with van der Waals surface area (Å²) in [5, 5.41) is 0. The average Bonchev–Trinajstić information content (AvgIpc) is 2.91. The molecular formula is C30H30O7. The molecule has 192 valence electrons. The zero-order chi connectivity index (χ0) is 26.5. The van der Waals surface area contributed by atoms with E-state index in [0.29, 0.717) is 36.0 Å². The zero-order valence-corrected chi connectivity index (χ0v) is 20.8. The normalized spacial score (nSPS) is 10.3. The smallest absolute Gasteiger partial charge is 0.343 e. The molecule has 0 N–H and O–H groups in total. The molecule has 0 amide bonds. The van der Waals surface area contributed by atoms with E-state index < -0.39 is 11.9 Å². The highest BCUT2D eigenvalue weighted by molar-refractivity contribution is 5.91. The maximum absolute atomic E-state index is 12.5. The topological polar surface area (TPSA) is 88.1 Å². The van der Waals surface area contributed by atoms with Gasteiger partial charge in [0.15, 0.2) is 0 Å². The van der Waals surface area contributed by atoms with Gasteiger partial charge in [0.05, 0.1) is 18.8 Å². The highest BCUT2D eigenvalue weighted by Crippen LogP contribution is 2.25. The molecule has 3 rings (SSSR count). The summed E-state index contributed by atoms with van der Waals surface area (Å²) in [6.07, 6.45) is 4.76. The van der Waals surface area contributed by atoms with Crippen molar-refractivity contribution in [2.24, 2.45) is 0 Å². The Labute approximate surface area is 216 Å². The van der Waals surface area contributed by atoms with Gasteiger partial charge in [-0.2, -0.15) is 0 Å². The van der Waals surface area contributed by atoms with Crippen molar-refractivity contribution in [2.45, 2.75) is 32.6 Å². The molecule has 0 aliphatic heterocycles. The number of esters is 3. The minimum atomic E-state index is -0.456. The van der Waals surface area contributed by atoms with Crippen LogP contribution in [0.3, 0.4) is 0 Å². The summed E-state index contributed by atoms with van der Waals surface area (Å²) in [4.78, 5) is 34.5. The number of hydrogen-bond acceptors (Lipinski definition) is 7. The number of benzene rings is 3. The van der Waals surface area contributed by atoms with Crippen LogP contribution in [0.2, 0.25) is 0 Å². The van der Waals surface area contributed by atoms with Crippen LogP contribution >= 0.6 is 0 Å². The molecule has 3 aromatic rings. The number of rotatable bonds is 13. The van der Waals surface area contributed by atoms with E-state index in [-0.39, 0.29) is 5.97 Å². The lowest BCUT2D eigenvalue weighted by atomic mass is 10.1. The van der Waals surface area contributed by atoms with Crippen LogP contribution in [0.4, 0.5) is 0 Å². The molecule has 0 unspecified atom stereocenters. The van der Waals surface area contributed by atoms with Gasteiger partial charge in [0.25, 0.3) is 0 Å². The Balaban J connectivity index is 1.40. The number of carbonyl (C=O) groups excluding carboxylic acids is 3. The molecule has 7 heteroatoms. The van der Waals surface area contributed by atoms with E-state index in [1.807, 2.05) is 24.3 Å². The first-order valence-electron chi connectivity index (χ1n) is 12.1. The lowest BCUT2D eigenvalue weighted by Crippen LogP contribution is -2.08. The third-order valence-corrected chi connectivity index (χ3v) is 5.32. The van der Waals surface area contributed by atoms with E-state index in [9.17, 15) is 14.4 Å². The standard InChI is InChI=1S/C30H30O7/c1-3-29(32)35-21-7-5-4-6-20-34-26-14-12-25(13-15-26)30(33)37-28-18-10-24(11-19-28)23-8-16-27(17-9-23)36-22(2)31/h3,8-19H,1,4-7,20-21H2,2H3. The van der Waals surface area contributed by atoms with Gasteiger partial charge in [-0.15, -0.1) is 0 Å². The second-order valence-corrected chi connectivity index (χ2v) is 8.19. The predicted octanol–water partition coefficient (Wildman–Crippen LogP) is 6.17. The summed E-state index contributed by atoms with van der Waals surface area (Å²) < 4.78 is 21.2. The van der Waals surface area contributed by atoms with Crippen molar-refractivity contribution in [3.05, 3.63) is 91.0 Å². The van der Waals surface area contributed by atoms with Gasteiger partial charge in [0.2, 0.25) is 0 Å². The lowest BCUT2D eigenvalue weighted by molar-refractivity contribution is -0.138. The largest absolute Gasteiger partial charge is 0.494 e. The molecule has 0 aliphatic carbocycles. The molecule has 0 aromatic heterocycles. The zero-order valence-electron chi connectivity index (χ0n) is 20.8. The van der Waals surface area contributed by atoms with Gasteiger partial charge in [-0.3, -0.25) is 4.79 Å². The fraction of sp³-hybridized carbons (Fsp3) is 0.233. The van der Waals surface area contributed by atoms with Crippen LogP contribution in [0, 0.1) is 0 Å². The lowest BCUT2D eigenvalue weighted by Gasteiger charge is -2.09. The van der Waals surface area contributed by atoms with E-state index in [4.69, 9.17) is 18.9 Å². The van der Waals surface area contributed by atoms with Crippen LogP contribution in [-0.2, 0) is 14.3 Å². The third kappa shape index (κ3) is 9.29. The van der Waals surface area contributed by atoms with Crippen molar-refractivity contribution in [3.8, 4) is 28.4 Å². The number of unbranched alkanes of at least 4 members (excludes halogenated alkanes) is 3. The predicted molar refractivity (Wildman–Crippen MR) is 140 cm³/mol. The van der Waals surface area contributed by atoms with Crippen molar-refractivity contribution >= 4 is 17.9 Å². The van der Waals surface area contributed by atoms with Crippen LogP contribution in [0.25, 0.3) is 11.1 Å². The Morgan fingerprint density at radius 3 is 1.73 bits per heavy atom. The van der Waals surface area contributed by atoms with Gasteiger partial charge in [-0.25, -0.2) is 9.59 Å². The Morgan fingerprint density at radius 2 is 1.19 bits per heavy atom. The van der Waals surface area contributed by atoms with Crippen LogP contribution in [0.15, 0.2) is 85.5 Å². The maximum atomic E-state index is 12.5. The molecule has 0 saturated carbocycles. The third-order valence-electron chi connectivity index (χ3n) is 5.32. The van der Waals surface area contributed by atoms with Crippen LogP contribution in [0.5, 0.6) is 17.2 Å². The van der Waals surface area contributed by atoms with E-state index in [2.05, 4.69) is 6.58 Å². The van der Waals surface area contributed by atoms with E-state index >= 15 is 0 Å². The molecule has 0 saturated heterocycles. The molecule has 37 heavy (non-hydrogen) atoms. The molecule has 0 radical (unpaired) electrons. The molecule has 0 atom stereocenters. The number of hydrogen-bond donors (Lipinski definition) is 0. The first-order valence-corrected chi connectivity index (χ1v) is 12.1. The molecule has 0 fully saturated rings. The van der Waals surface area contributed by atoms with Crippen molar-refractivity contribution in [2.75, 3.05) is 13.2 Å². The summed E-state index contributed by atoms with van der Waals surface area (Å²) in [6, 6.07) is 21.2. The minimum absolute atomic E-state index is 0.366.